The zero-order valence-electron chi connectivity index (χ0n) is 11.0. The summed E-state index contributed by atoms with van der Waals surface area (Å²) in [6.07, 6.45) is 2.98. The number of methoxy groups -OCH3 is 1. The lowest BCUT2D eigenvalue weighted by atomic mass is 10.2. The number of thioether (sulfide) groups is 1. The summed E-state index contributed by atoms with van der Waals surface area (Å²) in [5.41, 5.74) is 0. The molecule has 104 valence electrons. The van der Waals surface area contributed by atoms with Gasteiger partial charge in [-0.2, -0.15) is 11.8 Å². The van der Waals surface area contributed by atoms with Crippen LogP contribution in [-0.4, -0.2) is 49.1 Å². The van der Waals surface area contributed by atoms with E-state index in [-0.39, 0.29) is 17.9 Å². The summed E-state index contributed by atoms with van der Waals surface area (Å²) in [6, 6.07) is 0.242. The van der Waals surface area contributed by atoms with Crippen molar-refractivity contribution < 1.29 is 14.3 Å². The van der Waals surface area contributed by atoms with E-state index in [0.717, 1.165) is 18.6 Å². The van der Waals surface area contributed by atoms with Crippen molar-refractivity contribution in [3.63, 3.8) is 0 Å². The summed E-state index contributed by atoms with van der Waals surface area (Å²) >= 11 is 1.55. The molecule has 1 atom stereocenters. The second-order valence-corrected chi connectivity index (χ2v) is 5.42. The normalized spacial score (nSPS) is 16.1. The SMILES string of the molecule is CCNC(=O)CSCCC(NC1CC1)C(=O)OC. The molecule has 5 nitrogen and oxygen atoms in total. The van der Waals surface area contributed by atoms with Gasteiger partial charge in [0.05, 0.1) is 12.9 Å². The van der Waals surface area contributed by atoms with Gasteiger partial charge in [-0.3, -0.25) is 9.59 Å². The molecule has 0 bridgehead atoms. The fourth-order valence-corrected chi connectivity index (χ4v) is 2.39. The molecule has 1 aliphatic rings. The van der Waals surface area contributed by atoms with Gasteiger partial charge in [-0.05, 0) is 31.9 Å². The van der Waals surface area contributed by atoms with Gasteiger partial charge in [-0.1, -0.05) is 0 Å². The average Bonchev–Trinajstić information content (AvgIpc) is 3.16. The minimum absolute atomic E-state index is 0.0484. The Bertz CT molecular complexity index is 282. The molecule has 0 aromatic carbocycles. The summed E-state index contributed by atoms with van der Waals surface area (Å²) in [5.74, 6) is 1.06. The van der Waals surface area contributed by atoms with Gasteiger partial charge in [0.15, 0.2) is 0 Å². The zero-order valence-corrected chi connectivity index (χ0v) is 11.8. The smallest absolute Gasteiger partial charge is 0.322 e. The maximum atomic E-state index is 11.5. The van der Waals surface area contributed by atoms with E-state index < -0.39 is 0 Å². The van der Waals surface area contributed by atoms with Crippen molar-refractivity contribution >= 4 is 23.6 Å². The summed E-state index contributed by atoms with van der Waals surface area (Å²) < 4.78 is 4.77. The van der Waals surface area contributed by atoms with Crippen LogP contribution in [0.5, 0.6) is 0 Å². The summed E-state index contributed by atoms with van der Waals surface area (Å²) in [6.45, 7) is 2.56. The monoisotopic (exact) mass is 274 g/mol. The predicted molar refractivity (Wildman–Crippen MR) is 72.6 cm³/mol. The minimum atomic E-state index is -0.232. The van der Waals surface area contributed by atoms with Gasteiger partial charge >= 0.3 is 5.97 Å². The number of amides is 1. The molecule has 1 aliphatic carbocycles. The highest BCUT2D eigenvalue weighted by atomic mass is 32.2. The Morgan fingerprint density at radius 3 is 2.72 bits per heavy atom. The largest absolute Gasteiger partial charge is 0.468 e. The first-order chi connectivity index (χ1) is 8.67. The highest BCUT2D eigenvalue weighted by Gasteiger charge is 2.28. The van der Waals surface area contributed by atoms with Gasteiger partial charge in [0, 0.05) is 12.6 Å². The van der Waals surface area contributed by atoms with E-state index in [0.29, 0.717) is 24.8 Å². The van der Waals surface area contributed by atoms with Gasteiger partial charge in [-0.25, -0.2) is 0 Å². The molecule has 1 unspecified atom stereocenters. The third-order valence-electron chi connectivity index (χ3n) is 2.66. The average molecular weight is 274 g/mol. The van der Waals surface area contributed by atoms with Gasteiger partial charge in [0.25, 0.3) is 0 Å². The number of carbonyl (C=O) groups excluding carboxylic acids is 2. The third kappa shape index (κ3) is 6.26. The number of hydrogen-bond acceptors (Lipinski definition) is 5. The van der Waals surface area contributed by atoms with Gasteiger partial charge < -0.3 is 15.4 Å². The lowest BCUT2D eigenvalue weighted by molar-refractivity contribution is -0.143. The number of hydrogen-bond donors (Lipinski definition) is 2. The van der Waals surface area contributed by atoms with Crippen LogP contribution in [0.1, 0.15) is 26.2 Å². The van der Waals surface area contributed by atoms with Crippen molar-refractivity contribution in [1.29, 1.82) is 0 Å². The van der Waals surface area contributed by atoms with Crippen LogP contribution in [0, 0.1) is 0 Å². The van der Waals surface area contributed by atoms with E-state index in [1.54, 1.807) is 11.8 Å². The van der Waals surface area contributed by atoms with Crippen molar-refractivity contribution in [3.05, 3.63) is 0 Å². The molecule has 0 heterocycles. The van der Waals surface area contributed by atoms with Crippen LogP contribution in [-0.2, 0) is 14.3 Å². The molecule has 1 amide bonds. The molecule has 6 heteroatoms. The lowest BCUT2D eigenvalue weighted by Crippen LogP contribution is -2.39. The Labute approximate surface area is 112 Å². The molecule has 1 rings (SSSR count). The second-order valence-electron chi connectivity index (χ2n) is 4.31. The maximum Gasteiger partial charge on any atom is 0.322 e. The Hall–Kier alpha value is -0.750. The number of rotatable bonds is 9. The fraction of sp³-hybridized carbons (Fsp3) is 0.833. The highest BCUT2D eigenvalue weighted by molar-refractivity contribution is 7.99. The summed E-state index contributed by atoms with van der Waals surface area (Å²) in [5, 5.41) is 6.01. The number of nitrogens with one attached hydrogen (secondary N) is 2. The molecule has 0 radical (unpaired) electrons. The molecular weight excluding hydrogens is 252 g/mol. The molecule has 1 saturated carbocycles. The summed E-state index contributed by atoms with van der Waals surface area (Å²) in [7, 11) is 1.41. The zero-order chi connectivity index (χ0) is 13.4. The quantitative estimate of drug-likeness (QED) is 0.474. The number of carbonyl (C=O) groups is 2. The van der Waals surface area contributed by atoms with Crippen molar-refractivity contribution in [2.45, 2.75) is 38.3 Å². The van der Waals surface area contributed by atoms with Crippen LogP contribution in [0.4, 0.5) is 0 Å². The fourth-order valence-electron chi connectivity index (χ4n) is 1.56. The summed E-state index contributed by atoms with van der Waals surface area (Å²) in [4.78, 5) is 22.8. The Morgan fingerprint density at radius 1 is 1.44 bits per heavy atom. The molecule has 0 aromatic heterocycles. The van der Waals surface area contributed by atoms with E-state index in [2.05, 4.69) is 10.6 Å². The Kier molecular flexibility index (Phi) is 7.12. The Morgan fingerprint density at radius 2 is 2.17 bits per heavy atom. The van der Waals surface area contributed by atoms with E-state index in [1.165, 1.54) is 7.11 Å². The molecule has 1 fully saturated rings. The first-order valence-electron chi connectivity index (χ1n) is 6.35. The lowest BCUT2D eigenvalue weighted by Gasteiger charge is -2.15. The molecule has 18 heavy (non-hydrogen) atoms. The van der Waals surface area contributed by atoms with Gasteiger partial charge in [0.2, 0.25) is 5.91 Å². The molecule has 0 spiro atoms. The van der Waals surface area contributed by atoms with Crippen molar-refractivity contribution in [1.82, 2.24) is 10.6 Å². The standard InChI is InChI=1S/C12H22N2O3S/c1-3-13-11(15)8-18-7-6-10(12(16)17-2)14-9-4-5-9/h9-10,14H,3-8H2,1-2H3,(H,13,15). The van der Waals surface area contributed by atoms with Crippen LogP contribution < -0.4 is 10.6 Å². The molecule has 0 saturated heterocycles. The predicted octanol–water partition coefficient (Wildman–Crippen LogP) is 0.539. The number of ether oxygens (including phenoxy) is 1. The van der Waals surface area contributed by atoms with Crippen LogP contribution in [0.3, 0.4) is 0 Å². The third-order valence-corrected chi connectivity index (χ3v) is 3.65. The minimum Gasteiger partial charge on any atom is -0.468 e. The first-order valence-corrected chi connectivity index (χ1v) is 7.51. The van der Waals surface area contributed by atoms with E-state index >= 15 is 0 Å². The Balaban J connectivity index is 2.16. The highest BCUT2D eigenvalue weighted by Crippen LogP contribution is 2.20. The van der Waals surface area contributed by atoms with Gasteiger partial charge in [-0.15, -0.1) is 0 Å². The van der Waals surface area contributed by atoms with Crippen molar-refractivity contribution in [2.75, 3.05) is 25.2 Å². The molecule has 0 aromatic rings. The van der Waals surface area contributed by atoms with Crippen LogP contribution in [0.2, 0.25) is 0 Å². The molecule has 0 aliphatic heterocycles. The molecular formula is C12H22N2O3S. The molecule has 2 N–H and O–H groups in total. The van der Waals surface area contributed by atoms with Crippen LogP contribution in [0.25, 0.3) is 0 Å². The second kappa shape index (κ2) is 8.37. The van der Waals surface area contributed by atoms with Gasteiger partial charge in [0.1, 0.15) is 6.04 Å². The van der Waals surface area contributed by atoms with E-state index in [4.69, 9.17) is 4.74 Å². The topological polar surface area (TPSA) is 67.4 Å². The van der Waals surface area contributed by atoms with Crippen molar-refractivity contribution in [3.8, 4) is 0 Å². The van der Waals surface area contributed by atoms with Crippen LogP contribution >= 0.6 is 11.8 Å². The van der Waals surface area contributed by atoms with E-state index in [9.17, 15) is 9.59 Å². The number of esters is 1. The van der Waals surface area contributed by atoms with Crippen LogP contribution in [0.15, 0.2) is 0 Å². The van der Waals surface area contributed by atoms with E-state index in [1.807, 2.05) is 6.92 Å². The maximum absolute atomic E-state index is 11.5. The first kappa shape index (κ1) is 15.3. The van der Waals surface area contributed by atoms with Crippen molar-refractivity contribution in [2.24, 2.45) is 0 Å².